The standard InChI is InChI=1S/C20H25N3O2/c1-3-17(13-15(2)7-8-20(24)25)18-5-4-6-19(23-18)22-14-16-9-11-21-12-10-16/h3-8,13,16,21H,1-2,9-12,14H2,(H,22,23)(H,24,25)/b8-7+,17-13+. The first kappa shape index (κ1) is 18.7. The fraction of sp³-hybridized carbons (Fsp3) is 0.300. The van der Waals surface area contributed by atoms with E-state index in [2.05, 4.69) is 28.8 Å². The third-order valence-corrected chi connectivity index (χ3v) is 4.08. The van der Waals surface area contributed by atoms with Crippen LogP contribution in [-0.2, 0) is 4.79 Å². The van der Waals surface area contributed by atoms with E-state index in [-0.39, 0.29) is 0 Å². The molecular formula is C20H25N3O2. The summed E-state index contributed by atoms with van der Waals surface area (Å²) in [5.74, 6) is 0.495. The Hall–Kier alpha value is -2.66. The molecule has 132 valence electrons. The summed E-state index contributed by atoms with van der Waals surface area (Å²) in [6.45, 7) is 10.7. The third-order valence-electron chi connectivity index (χ3n) is 4.08. The van der Waals surface area contributed by atoms with Crippen LogP contribution in [0.4, 0.5) is 5.82 Å². The number of nitrogens with one attached hydrogen (secondary N) is 2. The van der Waals surface area contributed by atoms with Gasteiger partial charge in [-0.3, -0.25) is 0 Å². The topological polar surface area (TPSA) is 74.2 Å². The minimum Gasteiger partial charge on any atom is -0.478 e. The molecule has 0 amide bonds. The monoisotopic (exact) mass is 339 g/mol. The normalized spacial score (nSPS) is 15.9. The van der Waals surface area contributed by atoms with Crippen LogP contribution in [-0.4, -0.2) is 35.7 Å². The van der Waals surface area contributed by atoms with Crippen molar-refractivity contribution in [2.75, 3.05) is 25.0 Å². The predicted molar refractivity (Wildman–Crippen MR) is 102 cm³/mol. The van der Waals surface area contributed by atoms with Crippen molar-refractivity contribution in [3.8, 4) is 0 Å². The van der Waals surface area contributed by atoms with E-state index >= 15 is 0 Å². The van der Waals surface area contributed by atoms with Gasteiger partial charge in [0.25, 0.3) is 0 Å². The molecule has 2 rings (SSSR count). The minimum absolute atomic E-state index is 0.576. The summed E-state index contributed by atoms with van der Waals surface area (Å²) in [7, 11) is 0. The fourth-order valence-electron chi connectivity index (χ4n) is 2.69. The fourth-order valence-corrected chi connectivity index (χ4v) is 2.69. The maximum atomic E-state index is 10.6. The summed E-state index contributed by atoms with van der Waals surface area (Å²) in [5.41, 5.74) is 2.15. The van der Waals surface area contributed by atoms with Gasteiger partial charge < -0.3 is 15.7 Å². The molecule has 5 nitrogen and oxygen atoms in total. The molecule has 0 radical (unpaired) electrons. The molecule has 1 aromatic heterocycles. The number of allylic oxidation sites excluding steroid dienone is 5. The van der Waals surface area contributed by atoms with Crippen molar-refractivity contribution in [3.05, 3.63) is 66.9 Å². The zero-order valence-electron chi connectivity index (χ0n) is 14.4. The van der Waals surface area contributed by atoms with Crippen molar-refractivity contribution in [1.29, 1.82) is 0 Å². The van der Waals surface area contributed by atoms with Crippen molar-refractivity contribution < 1.29 is 9.90 Å². The van der Waals surface area contributed by atoms with Crippen LogP contribution in [0.3, 0.4) is 0 Å². The molecule has 1 saturated heterocycles. The Kier molecular flexibility index (Phi) is 7.16. The first-order valence-corrected chi connectivity index (χ1v) is 8.44. The molecule has 0 spiro atoms. The lowest BCUT2D eigenvalue weighted by atomic mass is 9.98. The molecule has 25 heavy (non-hydrogen) atoms. The van der Waals surface area contributed by atoms with E-state index in [1.807, 2.05) is 18.2 Å². The summed E-state index contributed by atoms with van der Waals surface area (Å²) in [6, 6.07) is 5.79. The van der Waals surface area contributed by atoms with Gasteiger partial charge in [0.15, 0.2) is 0 Å². The summed E-state index contributed by atoms with van der Waals surface area (Å²) < 4.78 is 0. The Morgan fingerprint density at radius 3 is 2.80 bits per heavy atom. The first-order chi connectivity index (χ1) is 12.1. The number of aliphatic carboxylic acids is 1. The zero-order chi connectivity index (χ0) is 18.1. The van der Waals surface area contributed by atoms with Gasteiger partial charge in [-0.25, -0.2) is 9.78 Å². The minimum atomic E-state index is -1.00. The number of nitrogens with zero attached hydrogens (tertiary/aromatic N) is 1. The van der Waals surface area contributed by atoms with Gasteiger partial charge in [-0.2, -0.15) is 0 Å². The van der Waals surface area contributed by atoms with E-state index in [0.29, 0.717) is 11.5 Å². The molecule has 0 bridgehead atoms. The molecule has 1 aromatic rings. The Morgan fingerprint density at radius 2 is 2.12 bits per heavy atom. The van der Waals surface area contributed by atoms with Crippen LogP contribution in [0.15, 0.2) is 61.2 Å². The maximum absolute atomic E-state index is 10.6. The molecule has 0 aromatic carbocycles. The Morgan fingerprint density at radius 1 is 1.36 bits per heavy atom. The van der Waals surface area contributed by atoms with Gasteiger partial charge in [0.2, 0.25) is 0 Å². The molecule has 3 N–H and O–H groups in total. The Bertz CT molecular complexity index is 686. The highest BCUT2D eigenvalue weighted by Gasteiger charge is 2.12. The summed E-state index contributed by atoms with van der Waals surface area (Å²) >= 11 is 0. The van der Waals surface area contributed by atoms with Gasteiger partial charge in [-0.1, -0.05) is 25.3 Å². The lowest BCUT2D eigenvalue weighted by Gasteiger charge is -2.23. The molecule has 1 fully saturated rings. The van der Waals surface area contributed by atoms with E-state index in [1.165, 1.54) is 18.9 Å². The van der Waals surface area contributed by atoms with Gasteiger partial charge in [0.1, 0.15) is 5.82 Å². The number of hydrogen-bond acceptors (Lipinski definition) is 4. The van der Waals surface area contributed by atoms with Crippen molar-refractivity contribution in [1.82, 2.24) is 10.3 Å². The smallest absolute Gasteiger partial charge is 0.328 e. The summed E-state index contributed by atoms with van der Waals surface area (Å²) in [5, 5.41) is 15.5. The number of carbonyl (C=O) groups is 1. The summed E-state index contributed by atoms with van der Waals surface area (Å²) in [4.78, 5) is 15.2. The number of aromatic nitrogens is 1. The molecule has 2 heterocycles. The van der Waals surface area contributed by atoms with E-state index in [4.69, 9.17) is 5.11 Å². The second kappa shape index (κ2) is 9.59. The third kappa shape index (κ3) is 6.39. The van der Waals surface area contributed by atoms with Gasteiger partial charge in [-0.15, -0.1) is 0 Å². The second-order valence-electron chi connectivity index (χ2n) is 6.03. The van der Waals surface area contributed by atoms with Crippen LogP contribution in [0.25, 0.3) is 5.57 Å². The average molecular weight is 339 g/mol. The van der Waals surface area contributed by atoms with E-state index in [9.17, 15) is 4.79 Å². The predicted octanol–water partition coefficient (Wildman–Crippen LogP) is 3.26. The number of hydrogen-bond donors (Lipinski definition) is 3. The molecule has 0 atom stereocenters. The Balaban J connectivity index is 2.05. The Labute approximate surface area is 148 Å². The number of rotatable bonds is 8. The highest BCUT2D eigenvalue weighted by Crippen LogP contribution is 2.19. The van der Waals surface area contributed by atoms with Crippen molar-refractivity contribution in [3.63, 3.8) is 0 Å². The van der Waals surface area contributed by atoms with E-state index in [1.54, 1.807) is 12.2 Å². The van der Waals surface area contributed by atoms with Crippen molar-refractivity contribution in [2.45, 2.75) is 12.8 Å². The lowest BCUT2D eigenvalue weighted by Crippen LogP contribution is -2.31. The largest absolute Gasteiger partial charge is 0.478 e. The highest BCUT2D eigenvalue weighted by atomic mass is 16.4. The molecule has 0 saturated carbocycles. The van der Waals surface area contributed by atoms with Crippen LogP contribution in [0.5, 0.6) is 0 Å². The summed E-state index contributed by atoms with van der Waals surface area (Å²) in [6.07, 6.45) is 8.33. The SMILES string of the molecule is C=C/C(=C\C(=C)/C=C/C(=O)O)c1cccc(NCC2CCNCC2)n1. The van der Waals surface area contributed by atoms with Crippen LogP contribution in [0.2, 0.25) is 0 Å². The van der Waals surface area contributed by atoms with Gasteiger partial charge >= 0.3 is 5.97 Å². The van der Waals surface area contributed by atoms with E-state index in [0.717, 1.165) is 42.8 Å². The number of pyridine rings is 1. The van der Waals surface area contributed by atoms with Gasteiger partial charge in [0.05, 0.1) is 5.69 Å². The number of piperidine rings is 1. The van der Waals surface area contributed by atoms with Gasteiger partial charge in [-0.05, 0) is 61.7 Å². The van der Waals surface area contributed by atoms with Crippen LogP contribution in [0.1, 0.15) is 18.5 Å². The van der Waals surface area contributed by atoms with Crippen molar-refractivity contribution >= 4 is 17.4 Å². The number of anilines is 1. The molecule has 5 heteroatoms. The molecule has 0 aliphatic carbocycles. The quantitative estimate of drug-likeness (QED) is 0.501. The van der Waals surface area contributed by atoms with Crippen LogP contribution >= 0.6 is 0 Å². The first-order valence-electron chi connectivity index (χ1n) is 8.44. The maximum Gasteiger partial charge on any atom is 0.328 e. The van der Waals surface area contributed by atoms with Crippen LogP contribution in [0, 0.1) is 5.92 Å². The highest BCUT2D eigenvalue weighted by molar-refractivity contribution is 5.81. The molecule has 1 aliphatic rings. The van der Waals surface area contributed by atoms with E-state index < -0.39 is 5.97 Å². The van der Waals surface area contributed by atoms with Crippen molar-refractivity contribution in [2.24, 2.45) is 5.92 Å². The molecule has 1 aliphatic heterocycles. The number of carboxylic acid groups (broad SMARTS) is 1. The zero-order valence-corrected chi connectivity index (χ0v) is 14.4. The molecule has 0 unspecified atom stereocenters. The van der Waals surface area contributed by atoms with Crippen LogP contribution < -0.4 is 10.6 Å². The number of carboxylic acids is 1. The average Bonchev–Trinajstić information content (AvgIpc) is 2.64. The van der Waals surface area contributed by atoms with Gasteiger partial charge in [0, 0.05) is 18.2 Å². The second-order valence-corrected chi connectivity index (χ2v) is 6.03. The molecular weight excluding hydrogens is 314 g/mol. The lowest BCUT2D eigenvalue weighted by molar-refractivity contribution is -0.131.